The molecular weight excluding hydrogens is 431 g/mol. The Morgan fingerprint density at radius 3 is 2.34 bits per heavy atom. The first-order valence-electron chi connectivity index (χ1n) is 10.8. The van der Waals surface area contributed by atoms with Crippen molar-refractivity contribution >= 4 is 21.7 Å². The van der Waals surface area contributed by atoms with Crippen LogP contribution in [0.25, 0.3) is 0 Å². The Kier molecular flexibility index (Phi) is 8.22. The number of anilines is 1. The highest BCUT2D eigenvalue weighted by Crippen LogP contribution is 2.23. The minimum absolute atomic E-state index is 0.143. The summed E-state index contributed by atoms with van der Waals surface area (Å²) in [6.07, 6.45) is 3.81. The second-order valence-corrected chi connectivity index (χ2v) is 10.2. The quantitative estimate of drug-likeness (QED) is 0.656. The van der Waals surface area contributed by atoms with Gasteiger partial charge < -0.3 is 15.5 Å². The molecule has 0 aromatic heterocycles. The van der Waals surface area contributed by atoms with Crippen LogP contribution in [-0.2, 0) is 10.0 Å². The Bertz CT molecular complexity index is 1000. The molecule has 1 heterocycles. The summed E-state index contributed by atoms with van der Waals surface area (Å²) in [5, 5.41) is 5.52. The van der Waals surface area contributed by atoms with Gasteiger partial charge in [0.15, 0.2) is 0 Å². The van der Waals surface area contributed by atoms with Gasteiger partial charge >= 0.3 is 6.03 Å². The largest absolute Gasteiger partial charge is 0.336 e. The predicted octanol–water partition coefficient (Wildman–Crippen LogP) is 3.81. The second-order valence-electron chi connectivity index (χ2n) is 8.21. The van der Waals surface area contributed by atoms with Crippen molar-refractivity contribution in [3.05, 3.63) is 59.9 Å². The SMILES string of the molecule is CN(C)C(CNC(=O)Nc1cccc(S(=O)(=O)N2CCCCCC2)c1)c1ccc(F)cc1. The van der Waals surface area contributed by atoms with Crippen LogP contribution in [-0.4, -0.2) is 57.4 Å². The van der Waals surface area contributed by atoms with Gasteiger partial charge in [0, 0.05) is 25.3 Å². The third-order valence-corrected chi connectivity index (χ3v) is 7.52. The maximum absolute atomic E-state index is 13.2. The average Bonchev–Trinajstić information content (AvgIpc) is 3.05. The van der Waals surface area contributed by atoms with Crippen molar-refractivity contribution in [3.63, 3.8) is 0 Å². The van der Waals surface area contributed by atoms with Crippen LogP contribution in [0.1, 0.15) is 37.3 Å². The normalized spacial score (nSPS) is 16.4. The molecule has 9 heteroatoms. The molecule has 0 saturated carbocycles. The fraction of sp³-hybridized carbons (Fsp3) is 0.435. The lowest BCUT2D eigenvalue weighted by Gasteiger charge is -2.25. The number of amides is 2. The van der Waals surface area contributed by atoms with E-state index in [1.807, 2.05) is 19.0 Å². The zero-order valence-electron chi connectivity index (χ0n) is 18.6. The fourth-order valence-corrected chi connectivity index (χ4v) is 5.38. The van der Waals surface area contributed by atoms with Gasteiger partial charge in [0.1, 0.15) is 5.82 Å². The lowest BCUT2D eigenvalue weighted by molar-refractivity contribution is 0.243. The molecule has 1 atom stereocenters. The number of halogens is 1. The number of carbonyl (C=O) groups is 1. The van der Waals surface area contributed by atoms with Gasteiger partial charge in [-0.1, -0.05) is 31.0 Å². The van der Waals surface area contributed by atoms with Crippen molar-refractivity contribution in [2.24, 2.45) is 0 Å². The summed E-state index contributed by atoms with van der Waals surface area (Å²) in [6.45, 7) is 1.35. The molecule has 1 unspecified atom stereocenters. The average molecular weight is 463 g/mol. The minimum Gasteiger partial charge on any atom is -0.336 e. The van der Waals surface area contributed by atoms with Crippen LogP contribution in [0.2, 0.25) is 0 Å². The van der Waals surface area contributed by atoms with Crippen molar-refractivity contribution in [1.82, 2.24) is 14.5 Å². The first-order chi connectivity index (χ1) is 15.3. The monoisotopic (exact) mass is 462 g/mol. The van der Waals surface area contributed by atoms with Crippen molar-refractivity contribution < 1.29 is 17.6 Å². The van der Waals surface area contributed by atoms with E-state index in [4.69, 9.17) is 0 Å². The molecule has 1 aliphatic rings. The fourth-order valence-electron chi connectivity index (χ4n) is 3.81. The van der Waals surface area contributed by atoms with Gasteiger partial charge in [-0.05, 0) is 62.8 Å². The third-order valence-electron chi connectivity index (χ3n) is 5.63. The van der Waals surface area contributed by atoms with Crippen LogP contribution in [0.15, 0.2) is 53.4 Å². The lowest BCUT2D eigenvalue weighted by atomic mass is 10.1. The van der Waals surface area contributed by atoms with Gasteiger partial charge in [-0.25, -0.2) is 17.6 Å². The van der Waals surface area contributed by atoms with Crippen LogP contribution in [0.3, 0.4) is 0 Å². The molecule has 0 radical (unpaired) electrons. The molecule has 2 amide bonds. The van der Waals surface area contributed by atoms with Gasteiger partial charge in [-0.2, -0.15) is 4.31 Å². The highest BCUT2D eigenvalue weighted by Gasteiger charge is 2.25. The van der Waals surface area contributed by atoms with Crippen LogP contribution in [0.5, 0.6) is 0 Å². The summed E-state index contributed by atoms with van der Waals surface area (Å²) < 4.78 is 40.8. The molecular formula is C23H31FN4O3S. The summed E-state index contributed by atoms with van der Waals surface area (Å²) in [7, 11) is 0.164. The van der Waals surface area contributed by atoms with Crippen LogP contribution in [0, 0.1) is 5.82 Å². The number of carbonyl (C=O) groups excluding carboxylic acids is 1. The number of urea groups is 1. The van der Waals surface area contributed by atoms with E-state index < -0.39 is 16.1 Å². The topological polar surface area (TPSA) is 81.8 Å². The van der Waals surface area contributed by atoms with E-state index in [1.54, 1.807) is 30.3 Å². The van der Waals surface area contributed by atoms with Crippen molar-refractivity contribution in [2.75, 3.05) is 39.0 Å². The first kappa shape index (κ1) is 24.2. The van der Waals surface area contributed by atoms with E-state index in [-0.39, 0.29) is 16.8 Å². The summed E-state index contributed by atoms with van der Waals surface area (Å²) in [6, 6.07) is 11.9. The van der Waals surface area contributed by atoms with E-state index in [2.05, 4.69) is 10.6 Å². The zero-order valence-corrected chi connectivity index (χ0v) is 19.4. The maximum atomic E-state index is 13.2. The lowest BCUT2D eigenvalue weighted by Crippen LogP contribution is -2.37. The number of likely N-dealkylation sites (N-methyl/N-ethyl adjacent to an activating group) is 1. The Balaban J connectivity index is 1.64. The number of nitrogens with one attached hydrogen (secondary N) is 2. The molecule has 7 nitrogen and oxygen atoms in total. The summed E-state index contributed by atoms with van der Waals surface area (Å²) >= 11 is 0. The number of sulfonamides is 1. The van der Waals surface area contributed by atoms with E-state index in [1.165, 1.54) is 22.5 Å². The summed E-state index contributed by atoms with van der Waals surface area (Å²) in [5.74, 6) is -0.313. The van der Waals surface area contributed by atoms with Gasteiger partial charge in [0.2, 0.25) is 10.0 Å². The zero-order chi connectivity index (χ0) is 23.1. The predicted molar refractivity (Wildman–Crippen MR) is 124 cm³/mol. The van der Waals surface area contributed by atoms with Crippen LogP contribution in [0.4, 0.5) is 14.9 Å². The number of hydrogen-bond donors (Lipinski definition) is 2. The second kappa shape index (κ2) is 10.9. The van der Waals surface area contributed by atoms with Crippen LogP contribution < -0.4 is 10.6 Å². The maximum Gasteiger partial charge on any atom is 0.319 e. The highest BCUT2D eigenvalue weighted by molar-refractivity contribution is 7.89. The third kappa shape index (κ3) is 6.27. The Hall–Kier alpha value is -2.49. The van der Waals surface area contributed by atoms with E-state index in [0.29, 0.717) is 25.3 Å². The van der Waals surface area contributed by atoms with Crippen LogP contribution >= 0.6 is 0 Å². The Labute approximate surface area is 189 Å². The molecule has 2 aromatic carbocycles. The summed E-state index contributed by atoms with van der Waals surface area (Å²) in [5.41, 5.74) is 1.28. The molecule has 2 aromatic rings. The van der Waals surface area contributed by atoms with E-state index >= 15 is 0 Å². The Morgan fingerprint density at radius 2 is 1.72 bits per heavy atom. The molecule has 2 N–H and O–H groups in total. The van der Waals surface area contributed by atoms with Crippen molar-refractivity contribution in [2.45, 2.75) is 36.6 Å². The van der Waals surface area contributed by atoms with Gasteiger partial charge in [-0.15, -0.1) is 0 Å². The number of rotatable bonds is 7. The molecule has 3 rings (SSSR count). The summed E-state index contributed by atoms with van der Waals surface area (Å²) in [4.78, 5) is 14.6. The molecule has 1 aliphatic heterocycles. The standard InChI is InChI=1S/C23H31FN4O3S/c1-27(2)22(18-10-12-19(24)13-11-18)17-25-23(29)26-20-8-7-9-21(16-20)32(30,31)28-14-5-3-4-6-15-28/h7-13,16,22H,3-6,14-15,17H2,1-2H3,(H2,25,26,29). The number of benzene rings is 2. The minimum atomic E-state index is -3.60. The molecule has 1 saturated heterocycles. The Morgan fingerprint density at radius 1 is 1.06 bits per heavy atom. The number of hydrogen-bond acceptors (Lipinski definition) is 4. The molecule has 174 valence electrons. The molecule has 0 spiro atoms. The molecule has 32 heavy (non-hydrogen) atoms. The van der Waals surface area contributed by atoms with Crippen molar-refractivity contribution in [1.29, 1.82) is 0 Å². The smallest absolute Gasteiger partial charge is 0.319 e. The molecule has 1 fully saturated rings. The van der Waals surface area contributed by atoms with E-state index in [0.717, 1.165) is 31.2 Å². The number of nitrogens with zero attached hydrogens (tertiary/aromatic N) is 2. The van der Waals surface area contributed by atoms with E-state index in [9.17, 15) is 17.6 Å². The van der Waals surface area contributed by atoms with Gasteiger partial charge in [-0.3, -0.25) is 0 Å². The molecule has 0 bridgehead atoms. The van der Waals surface area contributed by atoms with Crippen molar-refractivity contribution in [3.8, 4) is 0 Å². The highest BCUT2D eigenvalue weighted by atomic mass is 32.2. The first-order valence-corrected chi connectivity index (χ1v) is 12.3. The van der Waals surface area contributed by atoms with Gasteiger partial charge in [0.25, 0.3) is 0 Å². The van der Waals surface area contributed by atoms with Gasteiger partial charge in [0.05, 0.1) is 10.9 Å². The molecule has 0 aliphatic carbocycles.